The zero-order valence-electron chi connectivity index (χ0n) is 25.5. The number of hydrogen-bond acceptors (Lipinski definition) is 8. The number of esters is 1. The Kier molecular flexibility index (Phi) is 9.32. The van der Waals surface area contributed by atoms with E-state index < -0.39 is 39.3 Å². The van der Waals surface area contributed by atoms with E-state index in [-0.39, 0.29) is 28.7 Å². The first-order valence-corrected chi connectivity index (χ1v) is 16.0. The van der Waals surface area contributed by atoms with Crippen molar-refractivity contribution in [3.8, 4) is 6.07 Å². The number of halogens is 3. The molecule has 1 N–H and O–H groups in total. The number of quaternary nitrogens is 1. The van der Waals surface area contributed by atoms with Crippen molar-refractivity contribution in [2.24, 2.45) is 0 Å². The van der Waals surface area contributed by atoms with Crippen LogP contribution in [0.25, 0.3) is 0 Å². The molecule has 0 unspecified atom stereocenters. The molecule has 0 bridgehead atoms. The standard InChI is InChI=1S/C30H33F3N6O5S/c1-19-25(27(40)44-4)26(38-28(35-36-29(38)41)37(19)23-10-6-9-22(17-23)30(31,32)33)24-12-11-20(18-34)16-21(24)8-7-13-39(2,3)14-15-45(5,42)43/h6,9-12,16-17,26H,7-8,13-15H2,1-5H3/p+1/t26-/m1/s1. The monoisotopic (exact) mass is 647 g/mol. The van der Waals surface area contributed by atoms with Gasteiger partial charge in [-0.2, -0.15) is 18.4 Å². The van der Waals surface area contributed by atoms with Crippen LogP contribution in [-0.2, 0) is 32.0 Å². The Morgan fingerprint density at radius 3 is 2.51 bits per heavy atom. The van der Waals surface area contributed by atoms with Crippen LogP contribution in [0.2, 0.25) is 0 Å². The Hall–Kier alpha value is -4.42. The first kappa shape index (κ1) is 33.5. The first-order chi connectivity index (χ1) is 21.0. The van der Waals surface area contributed by atoms with Crippen LogP contribution in [0.5, 0.6) is 0 Å². The number of methoxy groups -OCH3 is 1. The first-order valence-electron chi connectivity index (χ1n) is 13.9. The molecule has 11 nitrogen and oxygen atoms in total. The van der Waals surface area contributed by atoms with Gasteiger partial charge in [-0.25, -0.2) is 27.7 Å². The summed E-state index contributed by atoms with van der Waals surface area (Å²) in [4.78, 5) is 28.0. The van der Waals surface area contributed by atoms with Gasteiger partial charge in [0, 0.05) is 24.1 Å². The predicted octanol–water partition coefficient (Wildman–Crippen LogP) is 3.70. The molecule has 1 aliphatic rings. The lowest BCUT2D eigenvalue weighted by Gasteiger charge is -2.36. The lowest BCUT2D eigenvalue weighted by Crippen LogP contribution is -2.44. The number of H-pyrrole nitrogens is 1. The minimum Gasteiger partial charge on any atom is -0.466 e. The second-order valence-corrected chi connectivity index (χ2v) is 13.9. The van der Waals surface area contributed by atoms with Crippen molar-refractivity contribution in [3.05, 3.63) is 86.5 Å². The van der Waals surface area contributed by atoms with Crippen LogP contribution < -0.4 is 10.6 Å². The van der Waals surface area contributed by atoms with Crippen LogP contribution in [-0.4, -0.2) is 79.9 Å². The number of carbonyl (C=O) groups is 1. The number of hydrogen-bond donors (Lipinski definition) is 1. The zero-order valence-corrected chi connectivity index (χ0v) is 26.3. The summed E-state index contributed by atoms with van der Waals surface area (Å²) >= 11 is 0. The maximum Gasteiger partial charge on any atom is 0.416 e. The van der Waals surface area contributed by atoms with Crippen LogP contribution >= 0.6 is 0 Å². The summed E-state index contributed by atoms with van der Waals surface area (Å²) < 4.78 is 71.0. The number of nitriles is 1. The SMILES string of the molecule is COC(=O)C1=C(C)N(c2cccc(C(F)(F)F)c2)c2n[nH]c(=O)n2[C@@H]1c1ccc(C#N)cc1CCC[N+](C)(C)CCS(C)(=O)=O. The molecule has 2 heterocycles. The largest absolute Gasteiger partial charge is 0.466 e. The van der Waals surface area contributed by atoms with Crippen molar-refractivity contribution in [2.45, 2.75) is 32.0 Å². The van der Waals surface area contributed by atoms with Gasteiger partial charge in [-0.1, -0.05) is 12.1 Å². The number of fused-ring (bicyclic) bond motifs is 1. The highest BCUT2D eigenvalue weighted by atomic mass is 32.2. The average molecular weight is 648 g/mol. The van der Waals surface area contributed by atoms with Gasteiger partial charge < -0.3 is 9.22 Å². The van der Waals surface area contributed by atoms with Crippen molar-refractivity contribution in [1.29, 1.82) is 5.26 Å². The molecule has 45 heavy (non-hydrogen) atoms. The van der Waals surface area contributed by atoms with Crippen molar-refractivity contribution in [3.63, 3.8) is 0 Å². The Balaban J connectivity index is 1.84. The number of aryl methyl sites for hydroxylation is 1. The fourth-order valence-electron chi connectivity index (χ4n) is 5.46. The van der Waals surface area contributed by atoms with Crippen LogP contribution in [0, 0.1) is 11.3 Å². The van der Waals surface area contributed by atoms with Crippen molar-refractivity contribution >= 4 is 27.4 Å². The number of allylic oxidation sites excluding steroid dienone is 1. The topological polar surface area (TPSA) is 138 Å². The number of nitrogens with one attached hydrogen (secondary N) is 1. The van der Waals surface area contributed by atoms with E-state index in [0.717, 1.165) is 19.2 Å². The van der Waals surface area contributed by atoms with E-state index in [1.165, 1.54) is 34.8 Å². The fraction of sp³-hybridized carbons (Fsp3) is 0.400. The van der Waals surface area contributed by atoms with Crippen molar-refractivity contribution in [1.82, 2.24) is 14.8 Å². The van der Waals surface area contributed by atoms with Gasteiger partial charge >= 0.3 is 17.8 Å². The molecule has 1 aromatic heterocycles. The van der Waals surface area contributed by atoms with E-state index >= 15 is 0 Å². The lowest BCUT2D eigenvalue weighted by molar-refractivity contribution is -0.888. The molecule has 1 aliphatic heterocycles. The molecule has 0 spiro atoms. The highest BCUT2D eigenvalue weighted by Crippen LogP contribution is 2.43. The van der Waals surface area contributed by atoms with Gasteiger partial charge in [0.05, 0.1) is 62.8 Å². The molecule has 0 radical (unpaired) electrons. The quantitative estimate of drug-likeness (QED) is 0.260. The van der Waals surface area contributed by atoms with Crippen LogP contribution in [0.15, 0.2) is 58.5 Å². The second kappa shape index (κ2) is 12.5. The maximum atomic E-state index is 13.6. The van der Waals surface area contributed by atoms with E-state index in [1.807, 2.05) is 14.1 Å². The van der Waals surface area contributed by atoms with Gasteiger partial charge in [0.2, 0.25) is 5.95 Å². The summed E-state index contributed by atoms with van der Waals surface area (Å²) in [5.41, 5.74) is 0.0953. The average Bonchev–Trinajstić information content (AvgIpc) is 3.35. The van der Waals surface area contributed by atoms with E-state index in [2.05, 4.69) is 16.3 Å². The normalized spacial score (nSPS) is 15.5. The predicted molar refractivity (Wildman–Crippen MR) is 160 cm³/mol. The number of carbonyl (C=O) groups excluding carboxylic acids is 1. The Bertz CT molecular complexity index is 1850. The molecule has 0 saturated heterocycles. The van der Waals surface area contributed by atoms with Gasteiger partial charge in [-0.3, -0.25) is 4.90 Å². The molecular formula is C30H34F3N6O5S+. The third kappa shape index (κ3) is 7.29. The molecule has 0 fully saturated rings. The molecule has 1 atom stereocenters. The number of sulfone groups is 1. The molecule has 4 rings (SSSR count). The zero-order chi connectivity index (χ0) is 33.3. The van der Waals surface area contributed by atoms with E-state index in [0.29, 0.717) is 47.1 Å². The van der Waals surface area contributed by atoms with Gasteiger partial charge in [-0.15, -0.1) is 5.10 Å². The number of alkyl halides is 3. The van der Waals surface area contributed by atoms with Gasteiger partial charge in [0.1, 0.15) is 6.04 Å². The number of aromatic nitrogens is 3. The Morgan fingerprint density at radius 1 is 1.18 bits per heavy atom. The summed E-state index contributed by atoms with van der Waals surface area (Å²) in [5, 5.41) is 16.1. The number of benzene rings is 2. The summed E-state index contributed by atoms with van der Waals surface area (Å²) in [6.45, 7) is 2.53. The number of nitrogens with zero attached hydrogens (tertiary/aromatic N) is 5. The number of ether oxygens (including phenoxy) is 1. The van der Waals surface area contributed by atoms with Gasteiger partial charge in [0.25, 0.3) is 0 Å². The molecule has 240 valence electrons. The third-order valence-electron chi connectivity index (χ3n) is 7.82. The van der Waals surface area contributed by atoms with E-state index in [1.54, 1.807) is 18.2 Å². The minimum absolute atomic E-state index is 0.00105. The molecular weight excluding hydrogens is 613 g/mol. The van der Waals surface area contributed by atoms with Crippen molar-refractivity contribution in [2.75, 3.05) is 51.2 Å². The summed E-state index contributed by atoms with van der Waals surface area (Å²) in [7, 11) is 1.85. The molecule has 15 heteroatoms. The molecule has 2 aromatic carbocycles. The molecule has 3 aromatic rings. The third-order valence-corrected chi connectivity index (χ3v) is 8.75. The Morgan fingerprint density at radius 2 is 1.89 bits per heavy atom. The van der Waals surface area contributed by atoms with Crippen LogP contribution in [0.3, 0.4) is 0 Å². The summed E-state index contributed by atoms with van der Waals surface area (Å²) in [6.07, 6.45) is -2.47. The van der Waals surface area contributed by atoms with Crippen LogP contribution in [0.1, 0.15) is 41.6 Å². The number of anilines is 2. The highest BCUT2D eigenvalue weighted by molar-refractivity contribution is 7.90. The maximum absolute atomic E-state index is 13.6. The summed E-state index contributed by atoms with van der Waals surface area (Å²) in [5.74, 6) is -0.816. The molecule has 0 amide bonds. The molecule has 0 aliphatic carbocycles. The van der Waals surface area contributed by atoms with Crippen molar-refractivity contribution < 1.29 is 35.6 Å². The lowest BCUT2D eigenvalue weighted by atomic mass is 9.88. The second-order valence-electron chi connectivity index (χ2n) is 11.6. The summed E-state index contributed by atoms with van der Waals surface area (Å²) in [6, 6.07) is 10.3. The van der Waals surface area contributed by atoms with E-state index in [4.69, 9.17) is 4.74 Å². The molecule has 0 saturated carbocycles. The Labute approximate surface area is 258 Å². The van der Waals surface area contributed by atoms with Gasteiger partial charge in [0.15, 0.2) is 9.84 Å². The smallest absolute Gasteiger partial charge is 0.416 e. The van der Waals surface area contributed by atoms with Gasteiger partial charge in [-0.05, 0) is 54.8 Å². The number of rotatable bonds is 10. The van der Waals surface area contributed by atoms with E-state index in [9.17, 15) is 36.4 Å². The number of aromatic amines is 1. The van der Waals surface area contributed by atoms with Crippen LogP contribution in [0.4, 0.5) is 24.8 Å². The fourth-order valence-corrected chi connectivity index (χ4v) is 6.29. The minimum atomic E-state index is -4.64. The highest BCUT2D eigenvalue weighted by Gasteiger charge is 2.41.